The van der Waals surface area contributed by atoms with E-state index in [-0.39, 0.29) is 29.4 Å². The fraction of sp³-hybridized carbons (Fsp3) is 0.515. The Morgan fingerprint density at radius 2 is 1.50 bits per heavy atom. The third-order valence-electron chi connectivity index (χ3n) is 8.12. The van der Waals surface area contributed by atoms with Crippen LogP contribution < -0.4 is 10.4 Å². The predicted octanol–water partition coefficient (Wildman–Crippen LogP) is 3.80. The number of allylic oxidation sites excluding steroid dienone is 1. The third-order valence-corrected chi connectivity index (χ3v) is 13.1. The summed E-state index contributed by atoms with van der Waals surface area (Å²) in [5.41, 5.74) is 0.382. The summed E-state index contributed by atoms with van der Waals surface area (Å²) >= 11 is 0. The summed E-state index contributed by atoms with van der Waals surface area (Å²) in [4.78, 5) is 26.2. The fourth-order valence-electron chi connectivity index (χ4n) is 5.39. The van der Waals surface area contributed by atoms with Crippen LogP contribution in [0.3, 0.4) is 0 Å². The standard InChI is InChI=1S/C33H47NO7Si/c1-22(23(2)35)20-34(26(5)36)32-31(40-25(4)24(3)38-9)30(37)29(41-32)21-39-42(33(6,7)8,27-16-12-10-13-17-27)28-18-14-11-15-19-28/h10-20,24-25,29-32,37H,21H2,1-9H3/b22-20-/t24-,25-,29-,30?,31+,32-/m1/s1. The monoisotopic (exact) mass is 597 g/mol. The normalized spacial score (nSPS) is 23.0. The molecule has 2 aromatic rings. The topological polar surface area (TPSA) is 94.5 Å². The second-order valence-electron chi connectivity index (χ2n) is 12.1. The van der Waals surface area contributed by atoms with Gasteiger partial charge in [0.2, 0.25) is 5.91 Å². The van der Waals surface area contributed by atoms with E-state index in [0.717, 1.165) is 10.4 Å². The van der Waals surface area contributed by atoms with Crippen LogP contribution in [0.15, 0.2) is 72.4 Å². The highest BCUT2D eigenvalue weighted by atomic mass is 28.4. The second-order valence-corrected chi connectivity index (χ2v) is 16.4. The van der Waals surface area contributed by atoms with Gasteiger partial charge in [-0.3, -0.25) is 14.5 Å². The van der Waals surface area contributed by atoms with Crippen molar-refractivity contribution in [2.24, 2.45) is 0 Å². The zero-order chi connectivity index (χ0) is 31.2. The molecule has 9 heteroatoms. The van der Waals surface area contributed by atoms with Crippen molar-refractivity contribution in [1.82, 2.24) is 4.90 Å². The van der Waals surface area contributed by atoms with E-state index in [1.165, 1.54) is 24.9 Å². The highest BCUT2D eigenvalue weighted by Crippen LogP contribution is 2.38. The summed E-state index contributed by atoms with van der Waals surface area (Å²) in [7, 11) is -1.34. The van der Waals surface area contributed by atoms with E-state index in [0.29, 0.717) is 5.57 Å². The summed E-state index contributed by atoms with van der Waals surface area (Å²) in [6.07, 6.45) is -3.04. The van der Waals surface area contributed by atoms with Gasteiger partial charge in [-0.2, -0.15) is 0 Å². The van der Waals surface area contributed by atoms with Gasteiger partial charge in [0.25, 0.3) is 8.32 Å². The Kier molecular flexibility index (Phi) is 11.4. The first-order valence-corrected chi connectivity index (χ1v) is 16.4. The molecule has 1 fully saturated rings. The van der Waals surface area contributed by atoms with Crippen LogP contribution >= 0.6 is 0 Å². The Labute approximate surface area is 251 Å². The zero-order valence-corrected chi connectivity index (χ0v) is 27.4. The van der Waals surface area contributed by atoms with E-state index in [2.05, 4.69) is 45.0 Å². The molecule has 0 radical (unpaired) electrons. The number of Topliss-reactive ketones (excluding diaryl/α,β-unsaturated/α-hetero) is 1. The summed E-state index contributed by atoms with van der Waals surface area (Å²) in [6.45, 7) is 14.8. The summed E-state index contributed by atoms with van der Waals surface area (Å²) in [6, 6.07) is 20.5. The third kappa shape index (κ3) is 7.27. The molecular formula is C33H47NO7Si. The molecule has 230 valence electrons. The van der Waals surface area contributed by atoms with Crippen molar-refractivity contribution in [3.8, 4) is 0 Å². The minimum atomic E-state index is -2.93. The van der Waals surface area contributed by atoms with Crippen molar-refractivity contribution in [3.63, 3.8) is 0 Å². The van der Waals surface area contributed by atoms with Crippen LogP contribution in [0, 0.1) is 0 Å². The average molecular weight is 598 g/mol. The molecule has 1 aliphatic rings. The Balaban J connectivity index is 2.04. The molecule has 1 N–H and O–H groups in total. The molecule has 3 rings (SSSR count). The first-order valence-electron chi connectivity index (χ1n) is 14.5. The van der Waals surface area contributed by atoms with Crippen molar-refractivity contribution >= 4 is 30.4 Å². The number of carbonyl (C=O) groups is 2. The number of benzene rings is 2. The summed E-state index contributed by atoms with van der Waals surface area (Å²) in [5.74, 6) is -0.521. The Morgan fingerprint density at radius 1 is 0.976 bits per heavy atom. The van der Waals surface area contributed by atoms with Crippen LogP contribution in [0.1, 0.15) is 55.4 Å². The summed E-state index contributed by atoms with van der Waals surface area (Å²) in [5, 5.41) is 13.6. The zero-order valence-electron chi connectivity index (χ0n) is 26.4. The van der Waals surface area contributed by atoms with Gasteiger partial charge in [0.05, 0.1) is 18.8 Å². The molecule has 0 aromatic heterocycles. The quantitative estimate of drug-likeness (QED) is 0.294. The number of aliphatic hydroxyl groups excluding tert-OH is 1. The van der Waals surface area contributed by atoms with Gasteiger partial charge < -0.3 is 23.7 Å². The Bertz CT molecular complexity index is 1170. The molecule has 1 heterocycles. The molecular weight excluding hydrogens is 550 g/mol. The molecule has 1 aliphatic heterocycles. The molecule has 0 saturated carbocycles. The van der Waals surface area contributed by atoms with Crippen LogP contribution in [0.4, 0.5) is 0 Å². The van der Waals surface area contributed by atoms with Gasteiger partial charge in [-0.25, -0.2) is 0 Å². The number of hydrogen-bond donors (Lipinski definition) is 1. The van der Waals surface area contributed by atoms with E-state index in [1.807, 2.05) is 50.2 Å². The average Bonchev–Trinajstić information content (AvgIpc) is 3.25. The molecule has 1 saturated heterocycles. The van der Waals surface area contributed by atoms with Crippen LogP contribution in [0.5, 0.6) is 0 Å². The maximum Gasteiger partial charge on any atom is 0.261 e. The van der Waals surface area contributed by atoms with Gasteiger partial charge in [-0.15, -0.1) is 0 Å². The lowest BCUT2D eigenvalue weighted by molar-refractivity contribution is -0.157. The van der Waals surface area contributed by atoms with Crippen LogP contribution in [-0.2, 0) is 28.2 Å². The number of ether oxygens (including phenoxy) is 3. The smallest absolute Gasteiger partial charge is 0.261 e. The molecule has 0 aliphatic carbocycles. The van der Waals surface area contributed by atoms with Crippen molar-refractivity contribution in [3.05, 3.63) is 72.4 Å². The van der Waals surface area contributed by atoms with Crippen molar-refractivity contribution in [2.45, 2.75) is 97.2 Å². The number of nitrogens with zero attached hydrogens (tertiary/aromatic N) is 1. The fourth-order valence-corrected chi connectivity index (χ4v) is 9.96. The lowest BCUT2D eigenvalue weighted by atomic mass is 10.1. The first kappa shape index (κ1) is 33.8. The largest absolute Gasteiger partial charge is 0.405 e. The number of carbonyl (C=O) groups excluding carboxylic acids is 2. The minimum absolute atomic E-state index is 0.0696. The lowest BCUT2D eigenvalue weighted by Gasteiger charge is -2.43. The number of amides is 1. The van der Waals surface area contributed by atoms with Crippen LogP contribution in [0.2, 0.25) is 5.04 Å². The maximum absolute atomic E-state index is 12.8. The van der Waals surface area contributed by atoms with Gasteiger partial charge in [-0.1, -0.05) is 81.4 Å². The SMILES string of the molecule is CO[C@H](C)[C@@H](C)O[C@H]1C(O)[C@@H](CO[Si](c2ccccc2)(c2ccccc2)C(C)(C)C)O[C@H]1N(/C=C(/C)C(C)=O)C(C)=O. The van der Waals surface area contributed by atoms with E-state index < -0.39 is 39.0 Å². The van der Waals surface area contributed by atoms with Gasteiger partial charge in [0.1, 0.15) is 18.3 Å². The highest BCUT2D eigenvalue weighted by molar-refractivity contribution is 6.99. The predicted molar refractivity (Wildman–Crippen MR) is 166 cm³/mol. The number of ketones is 1. The number of methoxy groups -OCH3 is 1. The van der Waals surface area contributed by atoms with E-state index in [4.69, 9.17) is 18.6 Å². The molecule has 6 atom stereocenters. The van der Waals surface area contributed by atoms with Crippen molar-refractivity contribution < 1.29 is 33.3 Å². The maximum atomic E-state index is 12.8. The molecule has 2 aromatic carbocycles. The van der Waals surface area contributed by atoms with Gasteiger partial charge in [0.15, 0.2) is 12.0 Å². The van der Waals surface area contributed by atoms with Crippen molar-refractivity contribution in [1.29, 1.82) is 0 Å². The number of hydrogen-bond acceptors (Lipinski definition) is 7. The molecule has 1 unspecified atom stereocenters. The molecule has 0 spiro atoms. The number of rotatable bonds is 12. The van der Waals surface area contributed by atoms with Crippen LogP contribution in [-0.4, -0.2) is 80.5 Å². The Hall–Kier alpha value is -2.66. The molecule has 1 amide bonds. The van der Waals surface area contributed by atoms with Crippen LogP contribution in [0.25, 0.3) is 0 Å². The summed E-state index contributed by atoms with van der Waals surface area (Å²) < 4.78 is 25.2. The second kappa shape index (κ2) is 14.2. The van der Waals surface area contributed by atoms with E-state index in [9.17, 15) is 14.7 Å². The van der Waals surface area contributed by atoms with Gasteiger partial charge >= 0.3 is 0 Å². The number of aliphatic hydroxyl groups is 1. The minimum Gasteiger partial charge on any atom is -0.405 e. The molecule has 42 heavy (non-hydrogen) atoms. The van der Waals surface area contributed by atoms with E-state index >= 15 is 0 Å². The van der Waals surface area contributed by atoms with Gasteiger partial charge in [-0.05, 0) is 43.1 Å². The lowest BCUT2D eigenvalue weighted by Crippen LogP contribution is -2.67. The van der Waals surface area contributed by atoms with Gasteiger partial charge in [0, 0.05) is 25.8 Å². The molecule has 8 nitrogen and oxygen atoms in total. The first-order chi connectivity index (χ1) is 19.7. The van der Waals surface area contributed by atoms with E-state index in [1.54, 1.807) is 14.0 Å². The van der Waals surface area contributed by atoms with Crippen molar-refractivity contribution in [2.75, 3.05) is 13.7 Å². The molecule has 0 bridgehead atoms. The highest BCUT2D eigenvalue weighted by Gasteiger charge is 2.53. The Morgan fingerprint density at radius 3 is 1.93 bits per heavy atom.